The highest BCUT2D eigenvalue weighted by Crippen LogP contribution is 2.17. The highest BCUT2D eigenvalue weighted by molar-refractivity contribution is 6.53. The topological polar surface area (TPSA) is 57.2 Å². The molecule has 0 aliphatic heterocycles. The molecule has 5 nitrogen and oxygen atoms in total. The van der Waals surface area contributed by atoms with Gasteiger partial charge in [-0.15, -0.1) is 0 Å². The Morgan fingerprint density at radius 1 is 0.361 bits per heavy atom. The molecule has 0 aliphatic carbocycles. The molecule has 0 aromatic carbocycles. The molecular weight excluding hydrogens is 468 g/mol. The zero-order chi connectivity index (χ0) is 27.0. The van der Waals surface area contributed by atoms with Gasteiger partial charge in [0.2, 0.25) is 0 Å². The van der Waals surface area contributed by atoms with Crippen LogP contribution in [0, 0.1) is 0 Å². The van der Waals surface area contributed by atoms with Gasteiger partial charge >= 0.3 is 9.05 Å². The lowest BCUT2D eigenvalue weighted by molar-refractivity contribution is -0.0375. The Bertz CT molecular complexity index is 319. The van der Waals surface area contributed by atoms with E-state index in [0.717, 1.165) is 32.1 Å². The molecule has 36 heavy (non-hydrogen) atoms. The van der Waals surface area contributed by atoms with E-state index in [4.69, 9.17) is 22.8 Å². The van der Waals surface area contributed by atoms with E-state index in [1.165, 1.54) is 96.3 Å². The summed E-state index contributed by atoms with van der Waals surface area (Å²) in [5.41, 5.74) is 0. The van der Waals surface area contributed by atoms with E-state index in [2.05, 4.69) is 34.6 Å². The highest BCUT2D eigenvalue weighted by atomic mass is 28.4. The number of aliphatic hydroxyl groups is 1. The van der Waals surface area contributed by atoms with Crippen LogP contribution < -0.4 is 0 Å². The second-order valence-electron chi connectivity index (χ2n) is 9.92. The van der Waals surface area contributed by atoms with Crippen LogP contribution in [0.2, 0.25) is 0 Å². The monoisotopic (exact) mass is 534 g/mol. The quantitative estimate of drug-likeness (QED) is 0.0800. The van der Waals surface area contributed by atoms with Gasteiger partial charge in [0.25, 0.3) is 0 Å². The Hall–Kier alpha value is 0.0169. The molecule has 1 N–H and O–H groups in total. The summed E-state index contributed by atoms with van der Waals surface area (Å²) < 4.78 is 25.1. The van der Waals surface area contributed by atoms with Gasteiger partial charge in [-0.25, -0.2) is 0 Å². The zero-order valence-corrected chi connectivity index (χ0v) is 26.3. The van der Waals surface area contributed by atoms with Crippen molar-refractivity contribution in [1.82, 2.24) is 0 Å². The fourth-order valence-corrected chi connectivity index (χ4v) is 5.77. The summed E-state index contributed by atoms with van der Waals surface area (Å²) in [6.45, 7) is 14.2. The molecule has 0 unspecified atom stereocenters. The van der Waals surface area contributed by atoms with Crippen LogP contribution in [0.25, 0.3) is 0 Å². The SMILES string of the molecule is CCCCCCO.CCCCCCO[Si](OCCCCCC)(OCCCCCC)OCCCCCC. The maximum atomic E-state index is 8.29. The fourth-order valence-electron chi connectivity index (χ4n) is 3.69. The minimum absolute atomic E-state index is 0.361. The Morgan fingerprint density at radius 3 is 0.833 bits per heavy atom. The van der Waals surface area contributed by atoms with E-state index in [1.807, 2.05) is 0 Å². The van der Waals surface area contributed by atoms with E-state index in [9.17, 15) is 0 Å². The van der Waals surface area contributed by atoms with Gasteiger partial charge < -0.3 is 22.8 Å². The second kappa shape index (κ2) is 33.0. The fraction of sp³-hybridized carbons (Fsp3) is 1.00. The number of hydrogen-bond acceptors (Lipinski definition) is 5. The number of aliphatic hydroxyl groups excluding tert-OH is 1. The molecule has 0 saturated carbocycles. The molecule has 0 rings (SSSR count). The van der Waals surface area contributed by atoms with Gasteiger partial charge in [-0.3, -0.25) is 0 Å². The van der Waals surface area contributed by atoms with Gasteiger partial charge in [-0.1, -0.05) is 131 Å². The predicted molar refractivity (Wildman–Crippen MR) is 157 cm³/mol. The minimum atomic E-state index is -3.04. The molecule has 6 heteroatoms. The summed E-state index contributed by atoms with van der Waals surface area (Å²) in [6, 6.07) is 0. The summed E-state index contributed by atoms with van der Waals surface area (Å²) in [5.74, 6) is 0. The lowest BCUT2D eigenvalue weighted by atomic mass is 10.2. The van der Waals surface area contributed by atoms with E-state index in [1.54, 1.807) is 0 Å². The van der Waals surface area contributed by atoms with Crippen LogP contribution in [-0.2, 0) is 17.7 Å². The van der Waals surface area contributed by atoms with Crippen LogP contribution >= 0.6 is 0 Å². The van der Waals surface area contributed by atoms with Crippen LogP contribution in [0.4, 0.5) is 0 Å². The number of unbranched alkanes of at least 4 members (excludes halogenated alkanes) is 15. The second-order valence-corrected chi connectivity index (χ2v) is 12.1. The third-order valence-corrected chi connectivity index (χ3v) is 8.35. The van der Waals surface area contributed by atoms with Gasteiger partial charge in [0.15, 0.2) is 0 Å². The van der Waals surface area contributed by atoms with Crippen molar-refractivity contribution < 1.29 is 22.8 Å². The Kier molecular flexibility index (Phi) is 35.0. The highest BCUT2D eigenvalue weighted by Gasteiger charge is 2.45. The van der Waals surface area contributed by atoms with E-state index in [0.29, 0.717) is 33.0 Å². The van der Waals surface area contributed by atoms with Crippen molar-refractivity contribution in [3.63, 3.8) is 0 Å². The Morgan fingerprint density at radius 2 is 0.611 bits per heavy atom. The molecule has 0 fully saturated rings. The van der Waals surface area contributed by atoms with Crippen molar-refractivity contribution in [1.29, 1.82) is 0 Å². The number of hydrogen-bond donors (Lipinski definition) is 1. The first-order valence-corrected chi connectivity index (χ1v) is 17.5. The molecule has 0 bridgehead atoms. The molecule has 0 radical (unpaired) electrons. The summed E-state index contributed by atoms with van der Waals surface area (Å²) in [5, 5.41) is 8.29. The largest absolute Gasteiger partial charge is 0.679 e. The molecule has 0 atom stereocenters. The maximum Gasteiger partial charge on any atom is 0.679 e. The molecular formula is C30H66O5Si. The van der Waals surface area contributed by atoms with Crippen LogP contribution in [0.1, 0.15) is 163 Å². The summed E-state index contributed by atoms with van der Waals surface area (Å²) in [7, 11) is -3.04. The van der Waals surface area contributed by atoms with Crippen molar-refractivity contribution >= 4 is 9.05 Å². The Labute approximate surface area is 227 Å². The zero-order valence-electron chi connectivity index (χ0n) is 25.3. The van der Waals surface area contributed by atoms with E-state index >= 15 is 0 Å². The van der Waals surface area contributed by atoms with Crippen LogP contribution in [0.3, 0.4) is 0 Å². The van der Waals surface area contributed by atoms with Gasteiger partial charge in [-0.2, -0.15) is 0 Å². The smallest absolute Gasteiger partial charge is 0.396 e. The number of rotatable bonds is 28. The first-order chi connectivity index (χ1) is 17.7. The van der Waals surface area contributed by atoms with Crippen LogP contribution in [-0.4, -0.2) is 47.2 Å². The summed E-state index contributed by atoms with van der Waals surface area (Å²) in [6.07, 6.45) is 23.7. The first kappa shape index (κ1) is 38.2. The van der Waals surface area contributed by atoms with Crippen molar-refractivity contribution in [2.45, 2.75) is 163 Å². The maximum absolute atomic E-state index is 8.29. The van der Waals surface area contributed by atoms with Gasteiger partial charge in [0, 0.05) is 33.0 Å². The van der Waals surface area contributed by atoms with Gasteiger partial charge in [0.05, 0.1) is 0 Å². The van der Waals surface area contributed by atoms with Crippen molar-refractivity contribution in [2.24, 2.45) is 0 Å². The third kappa shape index (κ3) is 28.6. The average Bonchev–Trinajstić information content (AvgIpc) is 2.89. The third-order valence-electron chi connectivity index (χ3n) is 6.12. The standard InChI is InChI=1S/C24H52O4Si.C6H14O/c1-5-9-13-17-21-25-29(26-22-18-14-10-6-2,27-23-19-15-11-7-3)28-24-20-16-12-8-4;1-2-3-4-5-6-7/h5-24H2,1-4H3;7H,2-6H2,1H3. The van der Waals surface area contributed by atoms with Gasteiger partial charge in [-0.05, 0) is 32.1 Å². The molecule has 0 spiro atoms. The molecule has 0 heterocycles. The first-order valence-electron chi connectivity index (χ1n) is 15.8. The van der Waals surface area contributed by atoms with Crippen LogP contribution in [0.15, 0.2) is 0 Å². The molecule has 0 aromatic heterocycles. The van der Waals surface area contributed by atoms with Gasteiger partial charge in [0.1, 0.15) is 0 Å². The molecule has 0 aromatic rings. The van der Waals surface area contributed by atoms with E-state index < -0.39 is 9.05 Å². The molecule has 0 amide bonds. The molecule has 220 valence electrons. The lowest BCUT2D eigenvalue weighted by Gasteiger charge is -2.28. The van der Waals surface area contributed by atoms with Crippen LogP contribution in [0.5, 0.6) is 0 Å². The van der Waals surface area contributed by atoms with Crippen molar-refractivity contribution in [2.75, 3.05) is 33.0 Å². The van der Waals surface area contributed by atoms with Crippen molar-refractivity contribution in [3.8, 4) is 0 Å². The minimum Gasteiger partial charge on any atom is -0.396 e. The summed E-state index contributed by atoms with van der Waals surface area (Å²) >= 11 is 0. The molecule has 0 aliphatic rings. The molecule has 0 saturated heterocycles. The lowest BCUT2D eigenvalue weighted by Crippen LogP contribution is -2.50. The van der Waals surface area contributed by atoms with Crippen molar-refractivity contribution in [3.05, 3.63) is 0 Å². The predicted octanol–water partition coefficient (Wildman–Crippen LogP) is 9.37. The van der Waals surface area contributed by atoms with E-state index in [-0.39, 0.29) is 0 Å². The Balaban J connectivity index is 0. The normalized spacial score (nSPS) is 11.5. The summed E-state index contributed by atoms with van der Waals surface area (Å²) in [4.78, 5) is 0. The average molecular weight is 535 g/mol.